The minimum absolute atomic E-state index is 0.157. The van der Waals surface area contributed by atoms with Crippen LogP contribution in [0.1, 0.15) is 11.3 Å². The second kappa shape index (κ2) is 5.80. The Morgan fingerprint density at radius 2 is 2.05 bits per heavy atom. The lowest BCUT2D eigenvalue weighted by Crippen LogP contribution is -1.88. The smallest absolute Gasteiger partial charge is 0.247 e. The van der Waals surface area contributed by atoms with Crippen LogP contribution in [0.3, 0.4) is 0 Å². The molecule has 1 aromatic heterocycles. The first-order chi connectivity index (χ1) is 10.2. The summed E-state index contributed by atoms with van der Waals surface area (Å²) >= 11 is 9.25. The molecule has 0 unspecified atom stereocenters. The number of nitriles is 1. The molecule has 3 nitrogen and oxygen atoms in total. The number of nitrogens with zero attached hydrogens (tertiary/aromatic N) is 1. The third kappa shape index (κ3) is 2.63. The molecule has 0 atom stereocenters. The molecule has 0 aliphatic carbocycles. The molecule has 0 saturated heterocycles. The average molecular weight is 363 g/mol. The fourth-order valence-electron chi connectivity index (χ4n) is 2.02. The first-order valence-corrected chi connectivity index (χ1v) is 7.49. The van der Waals surface area contributed by atoms with E-state index < -0.39 is 0 Å². The molecule has 5 heteroatoms. The summed E-state index contributed by atoms with van der Waals surface area (Å²) in [5, 5.41) is 9.96. The predicted molar refractivity (Wildman–Crippen MR) is 84.7 cm³/mol. The van der Waals surface area contributed by atoms with E-state index in [4.69, 9.17) is 20.8 Å². The average Bonchev–Trinajstić information content (AvgIpc) is 2.87. The van der Waals surface area contributed by atoms with Crippen LogP contribution in [0.5, 0.6) is 11.5 Å². The monoisotopic (exact) mass is 361 g/mol. The quantitative estimate of drug-likeness (QED) is 0.570. The van der Waals surface area contributed by atoms with Crippen molar-refractivity contribution >= 4 is 38.5 Å². The van der Waals surface area contributed by atoms with Gasteiger partial charge in [-0.3, -0.25) is 0 Å². The summed E-state index contributed by atoms with van der Waals surface area (Å²) < 4.78 is 12.1. The maximum absolute atomic E-state index is 9.20. The van der Waals surface area contributed by atoms with Crippen molar-refractivity contribution in [1.29, 1.82) is 5.26 Å². The van der Waals surface area contributed by atoms with Crippen LogP contribution >= 0.6 is 27.5 Å². The van der Waals surface area contributed by atoms with Gasteiger partial charge in [-0.15, -0.1) is 11.6 Å². The lowest BCUT2D eigenvalue weighted by Gasteiger charge is -2.07. The van der Waals surface area contributed by atoms with Gasteiger partial charge in [0.05, 0.1) is 9.86 Å². The van der Waals surface area contributed by atoms with E-state index in [2.05, 4.69) is 15.9 Å². The summed E-state index contributed by atoms with van der Waals surface area (Å²) in [7, 11) is 0. The summed E-state index contributed by atoms with van der Waals surface area (Å²) in [6, 6.07) is 15.0. The van der Waals surface area contributed by atoms with Gasteiger partial charge in [0, 0.05) is 5.88 Å². The minimum Gasteiger partial charge on any atom is -0.451 e. The standard InChI is InChI=1S/C16H9BrClNO2/c17-12-7-10(8-18)5-6-14(12)21-16-11-3-1-2-4-13(11)20-15(16)9-19/h1-7H,8H2. The Labute approximate surface area is 134 Å². The molecule has 3 rings (SSSR count). The van der Waals surface area contributed by atoms with Crippen molar-refractivity contribution in [2.24, 2.45) is 0 Å². The van der Waals surface area contributed by atoms with Crippen LogP contribution in [-0.4, -0.2) is 0 Å². The molecule has 3 aromatic rings. The van der Waals surface area contributed by atoms with Gasteiger partial charge in [0.15, 0.2) is 5.75 Å². The normalized spacial score (nSPS) is 10.5. The molecule has 0 aliphatic heterocycles. The van der Waals surface area contributed by atoms with E-state index in [1.807, 2.05) is 42.5 Å². The third-order valence-electron chi connectivity index (χ3n) is 3.01. The molecule has 2 aromatic carbocycles. The van der Waals surface area contributed by atoms with Gasteiger partial charge in [-0.1, -0.05) is 18.2 Å². The third-order valence-corrected chi connectivity index (χ3v) is 3.94. The number of furan rings is 1. The molecular weight excluding hydrogens is 354 g/mol. The molecule has 0 saturated carbocycles. The zero-order chi connectivity index (χ0) is 14.8. The van der Waals surface area contributed by atoms with Crippen LogP contribution in [-0.2, 0) is 5.88 Å². The number of rotatable bonds is 3. The lowest BCUT2D eigenvalue weighted by molar-refractivity contribution is 0.464. The van der Waals surface area contributed by atoms with Crippen molar-refractivity contribution in [2.45, 2.75) is 5.88 Å². The van der Waals surface area contributed by atoms with E-state index in [1.165, 1.54) is 0 Å². The maximum Gasteiger partial charge on any atom is 0.247 e. The highest BCUT2D eigenvalue weighted by atomic mass is 79.9. The molecule has 21 heavy (non-hydrogen) atoms. The summed E-state index contributed by atoms with van der Waals surface area (Å²) in [5.41, 5.74) is 1.60. The predicted octanol–water partition coefficient (Wildman–Crippen LogP) is 5.60. The summed E-state index contributed by atoms with van der Waals surface area (Å²) in [5.74, 6) is 1.61. The van der Waals surface area contributed by atoms with Crippen LogP contribution in [0.15, 0.2) is 51.4 Å². The van der Waals surface area contributed by atoms with E-state index in [0.29, 0.717) is 23.0 Å². The largest absolute Gasteiger partial charge is 0.451 e. The summed E-state index contributed by atoms with van der Waals surface area (Å²) in [4.78, 5) is 0. The Morgan fingerprint density at radius 1 is 1.24 bits per heavy atom. The van der Waals surface area contributed by atoms with Crippen LogP contribution in [0, 0.1) is 11.3 Å². The number of fused-ring (bicyclic) bond motifs is 1. The van der Waals surface area contributed by atoms with E-state index in [9.17, 15) is 5.26 Å². The number of para-hydroxylation sites is 1. The minimum atomic E-state index is 0.157. The fraction of sp³-hybridized carbons (Fsp3) is 0.0625. The highest BCUT2D eigenvalue weighted by Crippen LogP contribution is 2.38. The van der Waals surface area contributed by atoms with Gasteiger partial charge in [0.1, 0.15) is 17.4 Å². The van der Waals surface area contributed by atoms with Crippen LogP contribution in [0.2, 0.25) is 0 Å². The van der Waals surface area contributed by atoms with Crippen molar-refractivity contribution in [2.75, 3.05) is 0 Å². The number of hydrogen-bond donors (Lipinski definition) is 0. The molecule has 0 fully saturated rings. The van der Waals surface area contributed by atoms with Crippen molar-refractivity contribution < 1.29 is 9.15 Å². The van der Waals surface area contributed by atoms with Crippen molar-refractivity contribution in [3.05, 3.63) is 58.3 Å². The van der Waals surface area contributed by atoms with Crippen LogP contribution in [0.4, 0.5) is 0 Å². The van der Waals surface area contributed by atoms with Crippen molar-refractivity contribution in [3.8, 4) is 17.6 Å². The molecule has 0 bridgehead atoms. The Hall–Kier alpha value is -1.96. The first kappa shape index (κ1) is 14.0. The number of alkyl halides is 1. The second-order valence-corrected chi connectivity index (χ2v) is 5.49. The Balaban J connectivity index is 2.08. The maximum atomic E-state index is 9.20. The van der Waals surface area contributed by atoms with E-state index in [0.717, 1.165) is 15.4 Å². The van der Waals surface area contributed by atoms with Gasteiger partial charge in [-0.2, -0.15) is 5.26 Å². The van der Waals surface area contributed by atoms with Gasteiger partial charge >= 0.3 is 0 Å². The second-order valence-electron chi connectivity index (χ2n) is 4.37. The summed E-state index contributed by atoms with van der Waals surface area (Å²) in [6.45, 7) is 0. The Morgan fingerprint density at radius 3 is 2.76 bits per heavy atom. The van der Waals surface area contributed by atoms with Gasteiger partial charge < -0.3 is 9.15 Å². The molecule has 0 N–H and O–H groups in total. The van der Waals surface area contributed by atoms with E-state index >= 15 is 0 Å². The highest BCUT2D eigenvalue weighted by molar-refractivity contribution is 9.10. The molecule has 0 aliphatic rings. The van der Waals surface area contributed by atoms with Crippen molar-refractivity contribution in [3.63, 3.8) is 0 Å². The number of ether oxygens (including phenoxy) is 1. The summed E-state index contributed by atoms with van der Waals surface area (Å²) in [6.07, 6.45) is 0. The van der Waals surface area contributed by atoms with Gasteiger partial charge in [-0.25, -0.2) is 0 Å². The molecule has 0 radical (unpaired) electrons. The highest BCUT2D eigenvalue weighted by Gasteiger charge is 2.17. The van der Waals surface area contributed by atoms with Gasteiger partial charge in [0.25, 0.3) is 0 Å². The van der Waals surface area contributed by atoms with E-state index in [1.54, 1.807) is 6.07 Å². The molecular formula is C16H9BrClNO2. The van der Waals surface area contributed by atoms with Gasteiger partial charge in [-0.05, 0) is 45.8 Å². The molecule has 104 valence electrons. The topological polar surface area (TPSA) is 46.2 Å². The SMILES string of the molecule is N#Cc1oc2ccccc2c1Oc1ccc(CCl)cc1Br. The van der Waals surface area contributed by atoms with Crippen LogP contribution in [0.25, 0.3) is 11.0 Å². The lowest BCUT2D eigenvalue weighted by atomic mass is 10.2. The van der Waals surface area contributed by atoms with Crippen LogP contribution < -0.4 is 4.74 Å². The van der Waals surface area contributed by atoms with E-state index in [-0.39, 0.29) is 5.76 Å². The number of hydrogen-bond acceptors (Lipinski definition) is 3. The zero-order valence-electron chi connectivity index (χ0n) is 10.8. The Bertz CT molecular complexity index is 851. The number of halogens is 2. The molecule has 1 heterocycles. The molecule has 0 spiro atoms. The van der Waals surface area contributed by atoms with Gasteiger partial charge in [0.2, 0.25) is 5.76 Å². The zero-order valence-corrected chi connectivity index (χ0v) is 13.1. The van der Waals surface area contributed by atoms with Crippen molar-refractivity contribution in [1.82, 2.24) is 0 Å². The Kier molecular flexibility index (Phi) is 3.87. The number of benzene rings is 2. The first-order valence-electron chi connectivity index (χ1n) is 6.17. The fourth-order valence-corrected chi connectivity index (χ4v) is 2.69. The molecule has 0 amide bonds.